The van der Waals surface area contributed by atoms with Gasteiger partial charge in [0.05, 0.1) is 6.57 Å². The highest BCUT2D eigenvalue weighted by molar-refractivity contribution is 5.53. The lowest BCUT2D eigenvalue weighted by Crippen LogP contribution is -2.48. The molecule has 0 amide bonds. The van der Waals surface area contributed by atoms with Crippen molar-refractivity contribution >= 4 is 5.69 Å². The van der Waals surface area contributed by atoms with Gasteiger partial charge in [-0.2, -0.15) is 0 Å². The van der Waals surface area contributed by atoms with Gasteiger partial charge in [0.25, 0.3) is 0 Å². The van der Waals surface area contributed by atoms with Crippen LogP contribution >= 0.6 is 0 Å². The van der Waals surface area contributed by atoms with Crippen LogP contribution < -0.4 is 0 Å². The first-order valence-electron chi connectivity index (χ1n) is 7.39. The van der Waals surface area contributed by atoms with Crippen LogP contribution in [0.5, 0.6) is 5.75 Å². The highest BCUT2D eigenvalue weighted by Gasteiger charge is 2.51. The molecule has 0 heterocycles. The molecular weight excluding hydrogens is 234 g/mol. The third-order valence-electron chi connectivity index (χ3n) is 5.68. The molecule has 4 saturated carbocycles. The Kier molecular flexibility index (Phi) is 2.24. The summed E-state index contributed by atoms with van der Waals surface area (Å²) in [5.41, 5.74) is 2.09. The zero-order valence-electron chi connectivity index (χ0n) is 11.1. The number of phenols is 1. The van der Waals surface area contributed by atoms with Gasteiger partial charge in [-0.15, -0.1) is 0 Å². The van der Waals surface area contributed by atoms with E-state index in [1.165, 1.54) is 44.1 Å². The van der Waals surface area contributed by atoms with Crippen molar-refractivity contribution < 1.29 is 5.11 Å². The lowest BCUT2D eigenvalue weighted by atomic mass is 9.48. The maximum absolute atomic E-state index is 9.88. The Labute approximate surface area is 114 Å². The molecule has 2 nitrogen and oxygen atoms in total. The minimum absolute atomic E-state index is 0.263. The van der Waals surface area contributed by atoms with Gasteiger partial charge in [-0.05, 0) is 79.4 Å². The molecule has 1 N–H and O–H groups in total. The van der Waals surface area contributed by atoms with Gasteiger partial charge in [0.1, 0.15) is 5.75 Å². The number of rotatable bonds is 1. The SMILES string of the molecule is [C-]#[N+]c1cc(O)cc(C23CC4CC(CC(C4)C2)C3)c1. The van der Waals surface area contributed by atoms with E-state index in [1.54, 1.807) is 6.07 Å². The van der Waals surface area contributed by atoms with Gasteiger partial charge in [-0.25, -0.2) is 4.85 Å². The molecule has 98 valence electrons. The molecular formula is C17H19NO. The Balaban J connectivity index is 1.79. The predicted molar refractivity (Wildman–Crippen MR) is 74.2 cm³/mol. The second-order valence-electron chi connectivity index (χ2n) is 7.05. The average molecular weight is 253 g/mol. The molecule has 5 rings (SSSR count). The van der Waals surface area contributed by atoms with Crippen LogP contribution in [0.2, 0.25) is 0 Å². The highest BCUT2D eigenvalue weighted by Crippen LogP contribution is 2.61. The largest absolute Gasteiger partial charge is 0.509 e. The fourth-order valence-corrected chi connectivity index (χ4v) is 5.43. The maximum atomic E-state index is 9.88. The fraction of sp³-hybridized carbons (Fsp3) is 0.588. The number of phenolic OH excluding ortho intramolecular Hbond substituents is 1. The number of nitrogens with zero attached hydrogens (tertiary/aromatic N) is 1. The summed E-state index contributed by atoms with van der Waals surface area (Å²) in [5, 5.41) is 9.88. The topological polar surface area (TPSA) is 24.6 Å². The number of hydrogen-bond donors (Lipinski definition) is 1. The van der Waals surface area contributed by atoms with Gasteiger partial charge in [0, 0.05) is 0 Å². The van der Waals surface area contributed by atoms with Crippen LogP contribution in [0.1, 0.15) is 44.1 Å². The summed E-state index contributed by atoms with van der Waals surface area (Å²) >= 11 is 0. The summed E-state index contributed by atoms with van der Waals surface area (Å²) in [7, 11) is 0. The Bertz CT molecular complexity index is 534. The van der Waals surface area contributed by atoms with E-state index in [9.17, 15) is 5.11 Å². The summed E-state index contributed by atoms with van der Waals surface area (Å²) in [5.74, 6) is 2.94. The number of aromatic hydroxyl groups is 1. The molecule has 0 spiro atoms. The van der Waals surface area contributed by atoms with Gasteiger partial charge in [0.15, 0.2) is 5.69 Å². The Hall–Kier alpha value is -1.49. The van der Waals surface area contributed by atoms with Crippen molar-refractivity contribution in [3.63, 3.8) is 0 Å². The molecule has 0 radical (unpaired) electrons. The van der Waals surface area contributed by atoms with Gasteiger partial charge in [0.2, 0.25) is 0 Å². The minimum atomic E-state index is 0.263. The molecule has 1 aromatic rings. The predicted octanol–water partition coefficient (Wildman–Crippen LogP) is 4.41. The van der Waals surface area contributed by atoms with Crippen molar-refractivity contribution in [2.24, 2.45) is 17.8 Å². The van der Waals surface area contributed by atoms with Crippen LogP contribution in [0.25, 0.3) is 4.85 Å². The minimum Gasteiger partial charge on any atom is -0.509 e. The molecule has 4 fully saturated rings. The summed E-state index contributed by atoms with van der Waals surface area (Å²) < 4.78 is 0. The molecule has 2 heteroatoms. The third-order valence-corrected chi connectivity index (χ3v) is 5.68. The lowest BCUT2D eigenvalue weighted by molar-refractivity contribution is -0.00524. The van der Waals surface area contributed by atoms with Gasteiger partial charge >= 0.3 is 0 Å². The van der Waals surface area contributed by atoms with Crippen LogP contribution in [-0.2, 0) is 5.41 Å². The highest BCUT2D eigenvalue weighted by atomic mass is 16.3. The van der Waals surface area contributed by atoms with Gasteiger partial charge in [-0.3, -0.25) is 0 Å². The second kappa shape index (κ2) is 3.76. The van der Waals surface area contributed by atoms with E-state index in [2.05, 4.69) is 4.85 Å². The van der Waals surface area contributed by atoms with Crippen molar-refractivity contribution in [3.8, 4) is 5.75 Å². The summed E-state index contributed by atoms with van der Waals surface area (Å²) in [4.78, 5) is 3.51. The first-order chi connectivity index (χ1) is 9.17. The molecule has 4 aliphatic rings. The zero-order chi connectivity index (χ0) is 13.0. The molecule has 0 aliphatic heterocycles. The van der Waals surface area contributed by atoms with E-state index in [4.69, 9.17) is 6.57 Å². The average Bonchev–Trinajstić information content (AvgIpc) is 2.36. The fourth-order valence-electron chi connectivity index (χ4n) is 5.43. The number of benzene rings is 1. The lowest BCUT2D eigenvalue weighted by Gasteiger charge is -2.57. The van der Waals surface area contributed by atoms with Crippen molar-refractivity contribution in [2.45, 2.75) is 43.9 Å². The van der Waals surface area contributed by atoms with Crippen LogP contribution in [0, 0.1) is 24.3 Å². The van der Waals surface area contributed by atoms with Crippen LogP contribution in [0.4, 0.5) is 5.69 Å². The van der Waals surface area contributed by atoms with Gasteiger partial charge in [-0.1, -0.05) is 6.07 Å². The van der Waals surface area contributed by atoms with E-state index < -0.39 is 0 Å². The van der Waals surface area contributed by atoms with Crippen LogP contribution in [-0.4, -0.2) is 5.11 Å². The first kappa shape index (κ1) is 11.3. The Morgan fingerprint density at radius 3 is 2.11 bits per heavy atom. The molecule has 4 aliphatic carbocycles. The summed E-state index contributed by atoms with van der Waals surface area (Å²) in [6.45, 7) is 7.19. The Morgan fingerprint density at radius 1 is 1.00 bits per heavy atom. The van der Waals surface area contributed by atoms with Gasteiger partial charge < -0.3 is 5.11 Å². The van der Waals surface area contributed by atoms with E-state index in [0.717, 1.165) is 17.8 Å². The molecule has 4 bridgehead atoms. The second-order valence-corrected chi connectivity index (χ2v) is 7.05. The van der Waals surface area contributed by atoms with E-state index >= 15 is 0 Å². The first-order valence-corrected chi connectivity index (χ1v) is 7.39. The molecule has 0 saturated heterocycles. The van der Waals surface area contributed by atoms with Crippen molar-refractivity contribution in [1.29, 1.82) is 0 Å². The van der Waals surface area contributed by atoms with Crippen molar-refractivity contribution in [3.05, 3.63) is 35.2 Å². The third kappa shape index (κ3) is 1.68. The quantitative estimate of drug-likeness (QED) is 0.737. The maximum Gasteiger partial charge on any atom is 0.191 e. The summed E-state index contributed by atoms with van der Waals surface area (Å²) in [6, 6.07) is 5.53. The Morgan fingerprint density at radius 2 is 1.58 bits per heavy atom. The molecule has 0 aromatic heterocycles. The van der Waals surface area contributed by atoms with E-state index in [0.29, 0.717) is 5.69 Å². The van der Waals surface area contributed by atoms with Crippen LogP contribution in [0.15, 0.2) is 18.2 Å². The number of hydrogen-bond acceptors (Lipinski definition) is 1. The van der Waals surface area contributed by atoms with E-state index in [1.807, 2.05) is 12.1 Å². The smallest absolute Gasteiger partial charge is 0.191 e. The zero-order valence-corrected chi connectivity index (χ0v) is 11.1. The molecule has 19 heavy (non-hydrogen) atoms. The summed E-state index contributed by atoms with van der Waals surface area (Å²) in [6.07, 6.45) is 8.11. The molecule has 1 aromatic carbocycles. The van der Waals surface area contributed by atoms with E-state index in [-0.39, 0.29) is 11.2 Å². The monoisotopic (exact) mass is 253 g/mol. The van der Waals surface area contributed by atoms with Crippen molar-refractivity contribution in [1.82, 2.24) is 0 Å². The van der Waals surface area contributed by atoms with Crippen molar-refractivity contribution in [2.75, 3.05) is 0 Å². The molecule has 0 unspecified atom stereocenters. The standard InChI is InChI=1S/C17H19NO/c1-18-15-5-14(6-16(19)7-15)17-8-11-2-12(9-17)4-13(3-11)10-17/h5-7,11-13,19H,2-4,8-10H2. The molecule has 0 atom stereocenters. The normalized spacial score (nSPS) is 39.2. The van der Waals surface area contributed by atoms with Crippen LogP contribution in [0.3, 0.4) is 0 Å².